The van der Waals surface area contributed by atoms with Crippen LogP contribution in [0.15, 0.2) is 66.2 Å². The van der Waals surface area contributed by atoms with Crippen molar-refractivity contribution >= 4 is 44.1 Å². The van der Waals surface area contributed by atoms with Crippen LogP contribution in [0.5, 0.6) is 5.75 Å². The van der Waals surface area contributed by atoms with Gasteiger partial charge in [0.15, 0.2) is 5.13 Å². The summed E-state index contributed by atoms with van der Waals surface area (Å²) in [5.74, 6) is -1.01. The Morgan fingerprint density at radius 1 is 1.03 bits per heavy atom. The Bertz CT molecular complexity index is 1570. The third-order valence-electron chi connectivity index (χ3n) is 6.73. The summed E-state index contributed by atoms with van der Waals surface area (Å²) in [5.41, 5.74) is 5.10. The van der Waals surface area contributed by atoms with Crippen molar-refractivity contribution in [3.63, 3.8) is 0 Å². The minimum Gasteiger partial charge on any atom is -0.507 e. The number of anilines is 1. The molecule has 7 heteroatoms. The van der Waals surface area contributed by atoms with Crippen molar-refractivity contribution in [2.75, 3.05) is 11.5 Å². The van der Waals surface area contributed by atoms with Gasteiger partial charge in [0, 0.05) is 5.56 Å². The number of thiazole rings is 1. The number of nitrogens with zero attached hydrogens (tertiary/aromatic N) is 2. The Hall–Kier alpha value is -3.97. The number of aromatic nitrogens is 1. The molecule has 1 amide bonds. The van der Waals surface area contributed by atoms with Gasteiger partial charge in [0.05, 0.1) is 28.4 Å². The van der Waals surface area contributed by atoms with E-state index >= 15 is 0 Å². The van der Waals surface area contributed by atoms with Gasteiger partial charge in [-0.05, 0) is 62.1 Å². The quantitative estimate of drug-likeness (QED) is 0.121. The molecular formula is C31H30N2O4S. The number of hydrogen-bond donors (Lipinski definition) is 1. The van der Waals surface area contributed by atoms with Gasteiger partial charge >= 0.3 is 5.91 Å². The number of hydrogen-bond acceptors (Lipinski definition) is 6. The normalized spacial score (nSPS) is 16.9. The fourth-order valence-corrected chi connectivity index (χ4v) is 5.95. The molecule has 3 aromatic carbocycles. The van der Waals surface area contributed by atoms with Crippen LogP contribution >= 0.6 is 11.3 Å². The minimum atomic E-state index is -0.854. The number of rotatable bonds is 7. The number of benzene rings is 3. The number of aliphatic hydroxyl groups excluding tert-OH is 1. The van der Waals surface area contributed by atoms with Gasteiger partial charge in [0.25, 0.3) is 5.78 Å². The average molecular weight is 527 g/mol. The fourth-order valence-electron chi connectivity index (χ4n) is 4.78. The number of unbranched alkanes of at least 4 members (excludes halogenated alkanes) is 1. The second-order valence-corrected chi connectivity index (χ2v) is 10.7. The Morgan fingerprint density at radius 2 is 1.79 bits per heavy atom. The van der Waals surface area contributed by atoms with E-state index < -0.39 is 17.7 Å². The average Bonchev–Trinajstić information content (AvgIpc) is 3.43. The molecule has 0 spiro atoms. The van der Waals surface area contributed by atoms with Crippen molar-refractivity contribution in [1.82, 2.24) is 4.98 Å². The predicted molar refractivity (Wildman–Crippen MR) is 152 cm³/mol. The first-order valence-electron chi connectivity index (χ1n) is 12.8. The van der Waals surface area contributed by atoms with E-state index in [4.69, 9.17) is 9.72 Å². The summed E-state index contributed by atoms with van der Waals surface area (Å²) in [6, 6.07) is 17.8. The Balaban J connectivity index is 1.69. The SMILES string of the molecule is CCCCOc1cccc(C2C(=C(O)c3ccc(C)cc3)C(=O)C(=O)N2c2nc3c(C)cc(C)cc3s2)c1. The summed E-state index contributed by atoms with van der Waals surface area (Å²) in [6.45, 7) is 8.62. The van der Waals surface area contributed by atoms with Gasteiger partial charge < -0.3 is 9.84 Å². The number of carbonyl (C=O) groups is 2. The molecule has 6 nitrogen and oxygen atoms in total. The van der Waals surface area contributed by atoms with Crippen LogP contribution in [0, 0.1) is 20.8 Å². The van der Waals surface area contributed by atoms with Gasteiger partial charge in [-0.15, -0.1) is 0 Å². The molecule has 4 aromatic rings. The third kappa shape index (κ3) is 4.70. The van der Waals surface area contributed by atoms with Crippen molar-refractivity contribution < 1.29 is 19.4 Å². The fraction of sp³-hybridized carbons (Fsp3) is 0.258. The van der Waals surface area contributed by atoms with Crippen LogP contribution in [0.1, 0.15) is 53.6 Å². The summed E-state index contributed by atoms with van der Waals surface area (Å²) < 4.78 is 6.87. The number of carbonyl (C=O) groups excluding carboxylic acids is 2. The van der Waals surface area contributed by atoms with Crippen LogP contribution in [0.2, 0.25) is 0 Å². The van der Waals surface area contributed by atoms with E-state index in [0.29, 0.717) is 28.6 Å². The number of Topliss-reactive ketones (excluding diaryl/α,β-unsaturated/α-hetero) is 1. The lowest BCUT2D eigenvalue weighted by atomic mass is 9.95. The van der Waals surface area contributed by atoms with Crippen molar-refractivity contribution in [2.45, 2.75) is 46.6 Å². The molecular weight excluding hydrogens is 496 g/mol. The molecule has 1 unspecified atom stereocenters. The van der Waals surface area contributed by atoms with Gasteiger partial charge in [-0.1, -0.05) is 72.7 Å². The van der Waals surface area contributed by atoms with Gasteiger partial charge in [-0.2, -0.15) is 0 Å². The van der Waals surface area contributed by atoms with E-state index in [1.54, 1.807) is 12.1 Å². The van der Waals surface area contributed by atoms with Crippen molar-refractivity contribution in [1.29, 1.82) is 0 Å². The molecule has 2 heterocycles. The highest BCUT2D eigenvalue weighted by atomic mass is 32.1. The van der Waals surface area contributed by atoms with Gasteiger partial charge in [-0.25, -0.2) is 4.98 Å². The highest BCUT2D eigenvalue weighted by molar-refractivity contribution is 7.22. The molecule has 1 fully saturated rings. The first kappa shape index (κ1) is 25.7. The summed E-state index contributed by atoms with van der Waals surface area (Å²) in [4.78, 5) is 33.3. The second kappa shape index (κ2) is 10.4. The van der Waals surface area contributed by atoms with E-state index in [0.717, 1.165) is 39.7 Å². The molecule has 0 bridgehead atoms. The zero-order valence-corrected chi connectivity index (χ0v) is 22.8. The summed E-state index contributed by atoms with van der Waals surface area (Å²) >= 11 is 1.37. The van der Waals surface area contributed by atoms with Crippen LogP contribution in [0.4, 0.5) is 5.13 Å². The number of ketones is 1. The number of amides is 1. The molecule has 1 saturated heterocycles. The number of fused-ring (bicyclic) bond motifs is 1. The maximum absolute atomic E-state index is 13.6. The van der Waals surface area contributed by atoms with E-state index in [9.17, 15) is 14.7 Å². The number of aryl methyl sites for hydroxylation is 3. The van der Waals surface area contributed by atoms with E-state index in [-0.39, 0.29) is 11.3 Å². The van der Waals surface area contributed by atoms with Crippen LogP contribution in [-0.4, -0.2) is 28.4 Å². The molecule has 0 saturated carbocycles. The standard InChI is InChI=1S/C31H30N2O4S/c1-5-6-14-37-23-9-7-8-22(17-23)27-25(28(34)21-12-10-18(2)11-13-21)29(35)30(36)33(27)31-32-26-20(4)15-19(3)16-24(26)38-31/h7-13,15-17,27,34H,5-6,14H2,1-4H3. The third-order valence-corrected chi connectivity index (χ3v) is 7.74. The van der Waals surface area contributed by atoms with Crippen LogP contribution < -0.4 is 9.64 Å². The van der Waals surface area contributed by atoms with E-state index in [2.05, 4.69) is 6.92 Å². The molecule has 1 aromatic heterocycles. The zero-order chi connectivity index (χ0) is 27.0. The Morgan fingerprint density at radius 3 is 2.53 bits per heavy atom. The van der Waals surface area contributed by atoms with Gasteiger partial charge in [0.1, 0.15) is 11.5 Å². The monoisotopic (exact) mass is 526 g/mol. The molecule has 1 N–H and O–H groups in total. The molecule has 194 valence electrons. The van der Waals surface area contributed by atoms with Crippen LogP contribution in [0.3, 0.4) is 0 Å². The van der Waals surface area contributed by atoms with Crippen LogP contribution in [-0.2, 0) is 9.59 Å². The Labute approximate surface area is 226 Å². The number of aliphatic hydroxyl groups is 1. The van der Waals surface area contributed by atoms with Gasteiger partial charge in [0.2, 0.25) is 0 Å². The minimum absolute atomic E-state index is 0.0386. The highest BCUT2D eigenvalue weighted by Crippen LogP contribution is 2.45. The van der Waals surface area contributed by atoms with Crippen LogP contribution in [0.25, 0.3) is 16.0 Å². The molecule has 1 aliphatic rings. The molecule has 38 heavy (non-hydrogen) atoms. The first-order valence-corrected chi connectivity index (χ1v) is 13.6. The van der Waals surface area contributed by atoms with Gasteiger partial charge in [-0.3, -0.25) is 14.5 Å². The summed E-state index contributed by atoms with van der Waals surface area (Å²) in [7, 11) is 0. The second-order valence-electron chi connectivity index (χ2n) is 9.73. The lowest BCUT2D eigenvalue weighted by Crippen LogP contribution is -2.29. The smallest absolute Gasteiger partial charge is 0.301 e. The lowest BCUT2D eigenvalue weighted by molar-refractivity contribution is -0.132. The topological polar surface area (TPSA) is 79.7 Å². The number of ether oxygens (including phenoxy) is 1. The maximum atomic E-state index is 13.6. The summed E-state index contributed by atoms with van der Waals surface area (Å²) in [5, 5.41) is 11.8. The van der Waals surface area contributed by atoms with Crippen molar-refractivity contribution in [3.8, 4) is 5.75 Å². The molecule has 0 radical (unpaired) electrons. The van der Waals surface area contributed by atoms with E-state index in [1.807, 2.05) is 69.3 Å². The molecule has 1 aliphatic heterocycles. The summed E-state index contributed by atoms with van der Waals surface area (Å²) in [6.07, 6.45) is 1.92. The maximum Gasteiger partial charge on any atom is 0.301 e. The lowest BCUT2D eigenvalue weighted by Gasteiger charge is -2.23. The Kier molecular flexibility index (Phi) is 7.04. The zero-order valence-electron chi connectivity index (χ0n) is 21.9. The largest absolute Gasteiger partial charge is 0.507 e. The van der Waals surface area contributed by atoms with Crippen molar-refractivity contribution in [3.05, 3.63) is 94.1 Å². The molecule has 5 rings (SSSR count). The predicted octanol–water partition coefficient (Wildman–Crippen LogP) is 7.03. The highest BCUT2D eigenvalue weighted by Gasteiger charge is 2.48. The molecule has 0 aliphatic carbocycles. The van der Waals surface area contributed by atoms with E-state index in [1.165, 1.54) is 16.2 Å². The van der Waals surface area contributed by atoms with Crippen molar-refractivity contribution in [2.24, 2.45) is 0 Å². The first-order chi connectivity index (χ1) is 18.3. The molecule has 1 atom stereocenters.